The molecular weight excluding hydrogens is 314 g/mol. The van der Waals surface area contributed by atoms with Gasteiger partial charge in [0.1, 0.15) is 5.60 Å². The number of rotatable bonds is 5. The summed E-state index contributed by atoms with van der Waals surface area (Å²) in [6.45, 7) is 3.50. The number of hydrogen-bond acceptors (Lipinski definition) is 4. The Hall–Kier alpha value is -2.59. The summed E-state index contributed by atoms with van der Waals surface area (Å²) >= 11 is 0. The lowest BCUT2D eigenvalue weighted by molar-refractivity contribution is 0.0754. The van der Waals surface area contributed by atoms with Crippen molar-refractivity contribution in [2.24, 2.45) is 0 Å². The molecule has 1 aromatic heterocycles. The van der Waals surface area contributed by atoms with E-state index in [1.165, 1.54) is 5.56 Å². The average molecular weight is 337 g/mol. The van der Waals surface area contributed by atoms with Gasteiger partial charge in [0.15, 0.2) is 11.5 Å². The zero-order valence-corrected chi connectivity index (χ0v) is 15.0. The first-order chi connectivity index (χ1) is 11.9. The SMILES string of the molecule is COc1cc2cc(Cc3ccccc3)nc(C(C)(C)O)c2cc1OC. The van der Waals surface area contributed by atoms with E-state index in [1.807, 2.05) is 36.4 Å². The van der Waals surface area contributed by atoms with Crippen molar-refractivity contribution in [2.75, 3.05) is 14.2 Å². The molecule has 130 valence electrons. The minimum absolute atomic E-state index is 0.623. The second-order valence-corrected chi connectivity index (χ2v) is 6.61. The molecule has 4 heteroatoms. The van der Waals surface area contributed by atoms with Crippen LogP contribution in [0.4, 0.5) is 0 Å². The van der Waals surface area contributed by atoms with Crippen LogP contribution in [0.5, 0.6) is 11.5 Å². The van der Waals surface area contributed by atoms with Gasteiger partial charge in [-0.3, -0.25) is 4.98 Å². The minimum atomic E-state index is -1.06. The van der Waals surface area contributed by atoms with Crippen LogP contribution in [-0.2, 0) is 12.0 Å². The first kappa shape index (κ1) is 17.2. The number of aliphatic hydroxyl groups is 1. The molecule has 0 unspecified atom stereocenters. The van der Waals surface area contributed by atoms with Gasteiger partial charge in [0.25, 0.3) is 0 Å². The zero-order valence-electron chi connectivity index (χ0n) is 15.0. The fraction of sp³-hybridized carbons (Fsp3) is 0.286. The Bertz CT molecular complexity index is 883. The second-order valence-electron chi connectivity index (χ2n) is 6.61. The van der Waals surface area contributed by atoms with Crippen molar-refractivity contribution in [3.8, 4) is 11.5 Å². The van der Waals surface area contributed by atoms with E-state index in [0.717, 1.165) is 16.5 Å². The van der Waals surface area contributed by atoms with Crippen LogP contribution < -0.4 is 9.47 Å². The fourth-order valence-corrected chi connectivity index (χ4v) is 3.00. The lowest BCUT2D eigenvalue weighted by Crippen LogP contribution is -2.19. The third-order valence-electron chi connectivity index (χ3n) is 4.20. The Morgan fingerprint density at radius 1 is 0.960 bits per heavy atom. The maximum atomic E-state index is 10.6. The topological polar surface area (TPSA) is 51.6 Å². The van der Waals surface area contributed by atoms with E-state index in [9.17, 15) is 5.11 Å². The van der Waals surface area contributed by atoms with E-state index in [2.05, 4.69) is 12.1 Å². The molecule has 0 spiro atoms. The van der Waals surface area contributed by atoms with Crippen molar-refractivity contribution in [1.29, 1.82) is 0 Å². The van der Waals surface area contributed by atoms with Crippen molar-refractivity contribution in [1.82, 2.24) is 4.98 Å². The van der Waals surface area contributed by atoms with Crippen molar-refractivity contribution >= 4 is 10.8 Å². The predicted molar refractivity (Wildman–Crippen MR) is 99.3 cm³/mol. The third kappa shape index (κ3) is 3.59. The van der Waals surface area contributed by atoms with Gasteiger partial charge in [-0.2, -0.15) is 0 Å². The Morgan fingerprint density at radius 3 is 2.20 bits per heavy atom. The number of benzene rings is 2. The lowest BCUT2D eigenvalue weighted by atomic mass is 9.96. The number of nitrogens with zero attached hydrogens (tertiary/aromatic N) is 1. The van der Waals surface area contributed by atoms with Crippen LogP contribution >= 0.6 is 0 Å². The Kier molecular flexibility index (Phi) is 4.64. The Balaban J connectivity index is 2.20. The van der Waals surface area contributed by atoms with Crippen LogP contribution in [0.2, 0.25) is 0 Å². The first-order valence-electron chi connectivity index (χ1n) is 8.25. The minimum Gasteiger partial charge on any atom is -0.493 e. The molecule has 1 heterocycles. The number of methoxy groups -OCH3 is 2. The highest BCUT2D eigenvalue weighted by Gasteiger charge is 2.23. The molecule has 0 amide bonds. The van der Waals surface area contributed by atoms with E-state index in [0.29, 0.717) is 23.6 Å². The van der Waals surface area contributed by atoms with Crippen molar-refractivity contribution in [3.05, 3.63) is 65.5 Å². The zero-order chi connectivity index (χ0) is 18.0. The van der Waals surface area contributed by atoms with Gasteiger partial charge in [0.05, 0.1) is 19.9 Å². The highest BCUT2D eigenvalue weighted by atomic mass is 16.5. The second kappa shape index (κ2) is 6.73. The molecule has 4 nitrogen and oxygen atoms in total. The van der Waals surface area contributed by atoms with Gasteiger partial charge in [-0.15, -0.1) is 0 Å². The summed E-state index contributed by atoms with van der Waals surface area (Å²) in [5, 5.41) is 12.5. The van der Waals surface area contributed by atoms with E-state index in [-0.39, 0.29) is 0 Å². The number of hydrogen-bond donors (Lipinski definition) is 1. The molecule has 0 saturated heterocycles. The van der Waals surface area contributed by atoms with Crippen molar-refractivity contribution < 1.29 is 14.6 Å². The van der Waals surface area contributed by atoms with Gasteiger partial charge in [-0.05, 0) is 43.0 Å². The summed E-state index contributed by atoms with van der Waals surface area (Å²) in [6.07, 6.45) is 0.703. The van der Waals surface area contributed by atoms with Gasteiger partial charge in [0.2, 0.25) is 0 Å². The van der Waals surface area contributed by atoms with Gasteiger partial charge in [-0.25, -0.2) is 0 Å². The van der Waals surface area contributed by atoms with Crippen LogP contribution in [0.1, 0.15) is 30.8 Å². The summed E-state index contributed by atoms with van der Waals surface area (Å²) in [5.41, 5.74) is 1.65. The highest BCUT2D eigenvalue weighted by molar-refractivity contribution is 5.89. The molecule has 0 bridgehead atoms. The predicted octanol–water partition coefficient (Wildman–Crippen LogP) is 4.07. The maximum absolute atomic E-state index is 10.6. The first-order valence-corrected chi connectivity index (χ1v) is 8.25. The van der Waals surface area contributed by atoms with Gasteiger partial charge in [-0.1, -0.05) is 30.3 Å². The normalized spacial score (nSPS) is 11.6. The maximum Gasteiger partial charge on any atom is 0.161 e. The summed E-state index contributed by atoms with van der Waals surface area (Å²) in [7, 11) is 3.22. The average Bonchev–Trinajstić information content (AvgIpc) is 2.60. The summed E-state index contributed by atoms with van der Waals surface area (Å²) in [4.78, 5) is 4.75. The molecule has 3 rings (SSSR count). The van der Waals surface area contributed by atoms with Crippen molar-refractivity contribution in [2.45, 2.75) is 25.9 Å². The molecule has 0 aliphatic carbocycles. The van der Waals surface area contributed by atoms with E-state index in [1.54, 1.807) is 28.1 Å². The molecule has 3 aromatic rings. The summed E-state index contributed by atoms with van der Waals surface area (Å²) < 4.78 is 10.8. The quantitative estimate of drug-likeness (QED) is 0.762. The Labute approximate surface area is 148 Å². The molecule has 0 atom stereocenters. The smallest absolute Gasteiger partial charge is 0.161 e. The molecular formula is C21H23NO3. The standard InChI is InChI=1S/C21H23NO3/c1-21(2,23)20-17-13-19(25-4)18(24-3)12-15(17)11-16(22-20)10-14-8-6-5-7-9-14/h5-9,11-13,23H,10H2,1-4H3. The van der Waals surface area contributed by atoms with E-state index < -0.39 is 5.60 Å². The molecule has 0 aliphatic rings. The third-order valence-corrected chi connectivity index (χ3v) is 4.20. The molecule has 0 fully saturated rings. The summed E-state index contributed by atoms with van der Waals surface area (Å²) in [5.74, 6) is 1.28. The fourth-order valence-electron chi connectivity index (χ4n) is 3.00. The van der Waals surface area contributed by atoms with Crippen LogP contribution in [0.25, 0.3) is 10.8 Å². The van der Waals surface area contributed by atoms with Gasteiger partial charge >= 0.3 is 0 Å². The van der Waals surface area contributed by atoms with Crippen LogP contribution in [0.15, 0.2) is 48.5 Å². The Morgan fingerprint density at radius 2 is 1.60 bits per heavy atom. The van der Waals surface area contributed by atoms with Crippen LogP contribution in [-0.4, -0.2) is 24.3 Å². The number of aromatic nitrogens is 1. The summed E-state index contributed by atoms with van der Waals surface area (Å²) in [6, 6.07) is 16.0. The number of fused-ring (bicyclic) bond motifs is 1. The number of ether oxygens (including phenoxy) is 2. The lowest BCUT2D eigenvalue weighted by Gasteiger charge is -2.21. The van der Waals surface area contributed by atoms with Crippen LogP contribution in [0.3, 0.4) is 0 Å². The molecule has 25 heavy (non-hydrogen) atoms. The number of pyridine rings is 1. The van der Waals surface area contributed by atoms with Gasteiger partial charge in [0, 0.05) is 17.5 Å². The largest absolute Gasteiger partial charge is 0.493 e. The van der Waals surface area contributed by atoms with E-state index >= 15 is 0 Å². The monoisotopic (exact) mass is 337 g/mol. The van der Waals surface area contributed by atoms with Crippen molar-refractivity contribution in [3.63, 3.8) is 0 Å². The van der Waals surface area contributed by atoms with E-state index in [4.69, 9.17) is 14.5 Å². The molecule has 2 aromatic carbocycles. The van der Waals surface area contributed by atoms with Gasteiger partial charge < -0.3 is 14.6 Å². The molecule has 0 radical (unpaired) electrons. The molecule has 0 aliphatic heterocycles. The van der Waals surface area contributed by atoms with Crippen LogP contribution in [0, 0.1) is 0 Å². The highest BCUT2D eigenvalue weighted by Crippen LogP contribution is 2.36. The molecule has 1 N–H and O–H groups in total. The molecule has 0 saturated carbocycles.